The third kappa shape index (κ3) is 2.93. The maximum Gasteiger partial charge on any atom is 0.106 e. The van der Waals surface area contributed by atoms with Gasteiger partial charge < -0.3 is 10.7 Å². The van der Waals surface area contributed by atoms with Crippen LogP contribution in [0.3, 0.4) is 0 Å². The number of aromatic amines is 1. The Morgan fingerprint density at radius 3 is 2.85 bits per heavy atom. The Labute approximate surface area is 120 Å². The lowest BCUT2D eigenvalue weighted by atomic mass is 9.90. The van der Waals surface area contributed by atoms with E-state index in [1.54, 1.807) is 0 Å². The molecular formula is C17H23N3. The Morgan fingerprint density at radius 1 is 1.25 bits per heavy atom. The Balaban J connectivity index is 1.79. The predicted molar refractivity (Wildman–Crippen MR) is 82.6 cm³/mol. The predicted octanol–water partition coefficient (Wildman–Crippen LogP) is 3.24. The molecule has 0 amide bonds. The number of fused-ring (bicyclic) bond motifs is 1. The van der Waals surface area contributed by atoms with Crippen LogP contribution in [0.15, 0.2) is 24.4 Å². The summed E-state index contributed by atoms with van der Waals surface area (Å²) >= 11 is 0. The topological polar surface area (TPSA) is 54.7 Å². The molecule has 1 aliphatic carbocycles. The minimum Gasteiger partial charge on any atom is -0.342 e. The highest BCUT2D eigenvalue weighted by molar-refractivity contribution is 5.60. The normalized spacial score (nSPS) is 15.9. The standard InChI is InChI=1S/C17H23N3/c1-12(18)6-9-17-19-11-16(20-17)15-8-7-13-4-2-3-5-14(13)10-15/h7-8,10-12H,2-6,9,18H2,1H3,(H,19,20). The van der Waals surface area contributed by atoms with Crippen molar-refractivity contribution in [2.45, 2.75) is 51.5 Å². The molecule has 0 saturated carbocycles. The zero-order valence-electron chi connectivity index (χ0n) is 12.2. The van der Waals surface area contributed by atoms with Gasteiger partial charge in [-0.2, -0.15) is 0 Å². The zero-order chi connectivity index (χ0) is 13.9. The molecule has 1 unspecified atom stereocenters. The SMILES string of the molecule is CC(N)CCc1ncc(-c2ccc3c(c2)CCCC3)[nH]1. The molecule has 20 heavy (non-hydrogen) atoms. The molecule has 106 valence electrons. The van der Waals surface area contributed by atoms with Crippen LogP contribution in [0.25, 0.3) is 11.3 Å². The Kier molecular flexibility index (Phi) is 3.88. The van der Waals surface area contributed by atoms with E-state index in [1.165, 1.54) is 42.4 Å². The summed E-state index contributed by atoms with van der Waals surface area (Å²) < 4.78 is 0. The number of hydrogen-bond donors (Lipinski definition) is 2. The van der Waals surface area contributed by atoms with E-state index in [9.17, 15) is 0 Å². The van der Waals surface area contributed by atoms with Gasteiger partial charge in [0.1, 0.15) is 5.82 Å². The third-order valence-corrected chi connectivity index (χ3v) is 4.12. The molecule has 3 heteroatoms. The van der Waals surface area contributed by atoms with Crippen molar-refractivity contribution in [2.24, 2.45) is 5.73 Å². The average molecular weight is 269 g/mol. The van der Waals surface area contributed by atoms with Crippen LogP contribution in [0, 0.1) is 0 Å². The van der Waals surface area contributed by atoms with Crippen molar-refractivity contribution in [1.29, 1.82) is 0 Å². The highest BCUT2D eigenvalue weighted by atomic mass is 14.9. The van der Waals surface area contributed by atoms with Gasteiger partial charge in [0.15, 0.2) is 0 Å². The first-order chi connectivity index (χ1) is 9.72. The Morgan fingerprint density at radius 2 is 2.05 bits per heavy atom. The number of benzene rings is 1. The van der Waals surface area contributed by atoms with E-state index >= 15 is 0 Å². The lowest BCUT2D eigenvalue weighted by Crippen LogP contribution is -2.15. The molecule has 1 aliphatic rings. The van der Waals surface area contributed by atoms with Crippen LogP contribution in [-0.2, 0) is 19.3 Å². The van der Waals surface area contributed by atoms with Gasteiger partial charge in [-0.1, -0.05) is 12.1 Å². The van der Waals surface area contributed by atoms with Crippen LogP contribution >= 0.6 is 0 Å². The Bertz CT molecular complexity index is 584. The minimum atomic E-state index is 0.229. The van der Waals surface area contributed by atoms with Gasteiger partial charge in [0, 0.05) is 12.5 Å². The highest BCUT2D eigenvalue weighted by Gasteiger charge is 2.11. The maximum absolute atomic E-state index is 5.79. The van der Waals surface area contributed by atoms with Crippen molar-refractivity contribution in [2.75, 3.05) is 0 Å². The summed E-state index contributed by atoms with van der Waals surface area (Å²) in [6.07, 6.45) is 8.94. The van der Waals surface area contributed by atoms with Gasteiger partial charge in [-0.25, -0.2) is 4.98 Å². The molecule has 0 aliphatic heterocycles. The molecule has 0 bridgehead atoms. The molecule has 1 heterocycles. The minimum absolute atomic E-state index is 0.229. The molecule has 1 aromatic carbocycles. The van der Waals surface area contributed by atoms with Gasteiger partial charge in [-0.3, -0.25) is 0 Å². The fourth-order valence-electron chi connectivity index (χ4n) is 2.90. The lowest BCUT2D eigenvalue weighted by Gasteiger charge is -2.16. The van der Waals surface area contributed by atoms with E-state index in [2.05, 4.69) is 28.2 Å². The first-order valence-corrected chi connectivity index (χ1v) is 7.64. The molecule has 0 saturated heterocycles. The van der Waals surface area contributed by atoms with Gasteiger partial charge in [-0.15, -0.1) is 0 Å². The van der Waals surface area contributed by atoms with E-state index in [1.807, 2.05) is 13.1 Å². The highest BCUT2D eigenvalue weighted by Crippen LogP contribution is 2.26. The summed E-state index contributed by atoms with van der Waals surface area (Å²) in [6.45, 7) is 2.04. The summed E-state index contributed by atoms with van der Waals surface area (Å²) in [5.74, 6) is 1.04. The van der Waals surface area contributed by atoms with Gasteiger partial charge in [-0.05, 0) is 61.8 Å². The number of imidazole rings is 1. The molecular weight excluding hydrogens is 246 g/mol. The van der Waals surface area contributed by atoms with E-state index < -0.39 is 0 Å². The fraction of sp³-hybridized carbons (Fsp3) is 0.471. The van der Waals surface area contributed by atoms with Crippen LogP contribution in [0.1, 0.15) is 43.1 Å². The number of H-pyrrole nitrogens is 1. The molecule has 0 spiro atoms. The van der Waals surface area contributed by atoms with Crippen LogP contribution < -0.4 is 5.73 Å². The van der Waals surface area contributed by atoms with Crippen molar-refractivity contribution in [3.63, 3.8) is 0 Å². The van der Waals surface area contributed by atoms with E-state index in [0.29, 0.717) is 0 Å². The number of aromatic nitrogens is 2. The van der Waals surface area contributed by atoms with E-state index in [0.717, 1.165) is 24.4 Å². The largest absolute Gasteiger partial charge is 0.342 e. The van der Waals surface area contributed by atoms with Crippen molar-refractivity contribution in [3.8, 4) is 11.3 Å². The van der Waals surface area contributed by atoms with Crippen molar-refractivity contribution < 1.29 is 0 Å². The second-order valence-corrected chi connectivity index (χ2v) is 5.95. The molecule has 3 nitrogen and oxygen atoms in total. The van der Waals surface area contributed by atoms with Gasteiger partial charge in [0.2, 0.25) is 0 Å². The number of rotatable bonds is 4. The Hall–Kier alpha value is -1.61. The second kappa shape index (κ2) is 5.80. The number of nitrogens with zero attached hydrogens (tertiary/aromatic N) is 1. The van der Waals surface area contributed by atoms with Gasteiger partial charge >= 0.3 is 0 Å². The summed E-state index contributed by atoms with van der Waals surface area (Å²) in [5, 5.41) is 0. The van der Waals surface area contributed by atoms with Crippen molar-refractivity contribution >= 4 is 0 Å². The van der Waals surface area contributed by atoms with Gasteiger partial charge in [0.25, 0.3) is 0 Å². The number of hydrogen-bond acceptors (Lipinski definition) is 2. The monoisotopic (exact) mass is 269 g/mol. The first kappa shape index (κ1) is 13.4. The quantitative estimate of drug-likeness (QED) is 0.895. The lowest BCUT2D eigenvalue weighted by molar-refractivity contribution is 0.652. The molecule has 3 N–H and O–H groups in total. The van der Waals surface area contributed by atoms with Crippen LogP contribution in [0.2, 0.25) is 0 Å². The second-order valence-electron chi connectivity index (χ2n) is 5.95. The van der Waals surface area contributed by atoms with Gasteiger partial charge in [0.05, 0.1) is 11.9 Å². The number of nitrogens with two attached hydrogens (primary N) is 1. The fourth-order valence-corrected chi connectivity index (χ4v) is 2.90. The first-order valence-electron chi connectivity index (χ1n) is 7.64. The van der Waals surface area contributed by atoms with E-state index in [4.69, 9.17) is 5.73 Å². The molecule has 0 radical (unpaired) electrons. The smallest absolute Gasteiger partial charge is 0.106 e. The molecule has 1 aromatic heterocycles. The van der Waals surface area contributed by atoms with Crippen molar-refractivity contribution in [3.05, 3.63) is 41.3 Å². The average Bonchev–Trinajstić information content (AvgIpc) is 2.93. The summed E-state index contributed by atoms with van der Waals surface area (Å²) in [4.78, 5) is 7.89. The van der Waals surface area contributed by atoms with Crippen molar-refractivity contribution in [1.82, 2.24) is 9.97 Å². The van der Waals surface area contributed by atoms with E-state index in [-0.39, 0.29) is 6.04 Å². The molecule has 3 rings (SSSR count). The summed E-state index contributed by atoms with van der Waals surface area (Å²) in [7, 11) is 0. The van der Waals surface area contributed by atoms with Crippen LogP contribution in [-0.4, -0.2) is 16.0 Å². The number of nitrogens with one attached hydrogen (secondary N) is 1. The summed E-state index contributed by atoms with van der Waals surface area (Å²) in [6, 6.07) is 7.06. The summed E-state index contributed by atoms with van der Waals surface area (Å²) in [5.41, 5.74) is 11.2. The molecule has 2 aromatic rings. The van der Waals surface area contributed by atoms with Crippen LogP contribution in [0.5, 0.6) is 0 Å². The van der Waals surface area contributed by atoms with Crippen LogP contribution in [0.4, 0.5) is 0 Å². The third-order valence-electron chi connectivity index (χ3n) is 4.12. The zero-order valence-corrected chi connectivity index (χ0v) is 12.2. The molecule has 0 fully saturated rings. The molecule has 1 atom stereocenters. The number of aryl methyl sites for hydroxylation is 3. The maximum atomic E-state index is 5.79.